The van der Waals surface area contributed by atoms with E-state index in [0.29, 0.717) is 5.02 Å². The van der Waals surface area contributed by atoms with Crippen molar-refractivity contribution in [3.05, 3.63) is 77.8 Å². The van der Waals surface area contributed by atoms with Gasteiger partial charge >= 0.3 is 0 Å². The van der Waals surface area contributed by atoms with E-state index in [1.165, 1.54) is 26.9 Å². The quantitative estimate of drug-likeness (QED) is 0.315. The summed E-state index contributed by atoms with van der Waals surface area (Å²) < 4.78 is 0. The van der Waals surface area contributed by atoms with Crippen molar-refractivity contribution < 1.29 is 5.11 Å². The largest absolute Gasteiger partial charge is 0.507 e. The van der Waals surface area contributed by atoms with E-state index in [4.69, 9.17) is 11.6 Å². The van der Waals surface area contributed by atoms with Gasteiger partial charge < -0.3 is 5.11 Å². The van der Waals surface area contributed by atoms with Gasteiger partial charge in [-0.2, -0.15) is 0 Å². The molecule has 114 valence electrons. The molecule has 0 atom stereocenters. The molecule has 0 spiro atoms. The van der Waals surface area contributed by atoms with Crippen LogP contribution >= 0.6 is 11.6 Å². The van der Waals surface area contributed by atoms with E-state index in [0.717, 1.165) is 16.2 Å². The van der Waals surface area contributed by atoms with Gasteiger partial charge in [0.15, 0.2) is 0 Å². The number of halogens is 1. The fourth-order valence-electron chi connectivity index (χ4n) is 3.69. The predicted octanol–water partition coefficient (Wildman–Crippen LogP) is 6.66. The molecule has 0 aliphatic heterocycles. The van der Waals surface area contributed by atoms with Crippen molar-refractivity contribution in [2.75, 3.05) is 0 Å². The second kappa shape index (κ2) is 4.86. The van der Waals surface area contributed by atoms with Gasteiger partial charge in [0.05, 0.1) is 0 Å². The molecule has 0 heterocycles. The molecule has 0 aromatic heterocycles. The van der Waals surface area contributed by atoms with Crippen LogP contribution in [0.1, 0.15) is 0 Å². The number of benzene rings is 5. The Kier molecular flexibility index (Phi) is 2.76. The van der Waals surface area contributed by atoms with Crippen molar-refractivity contribution in [3.63, 3.8) is 0 Å². The number of hydrogen-bond acceptors (Lipinski definition) is 1. The van der Waals surface area contributed by atoms with Crippen LogP contribution in [-0.2, 0) is 0 Å². The van der Waals surface area contributed by atoms with Crippen LogP contribution in [0.25, 0.3) is 43.1 Å². The molecule has 0 radical (unpaired) electrons. The minimum Gasteiger partial charge on any atom is -0.507 e. The van der Waals surface area contributed by atoms with Crippen molar-refractivity contribution in [3.8, 4) is 5.75 Å². The van der Waals surface area contributed by atoms with Crippen LogP contribution in [0.5, 0.6) is 5.75 Å². The topological polar surface area (TPSA) is 20.2 Å². The van der Waals surface area contributed by atoms with Crippen molar-refractivity contribution in [2.45, 2.75) is 0 Å². The number of fused-ring (bicyclic) bond motifs is 7. The van der Waals surface area contributed by atoms with E-state index in [1.54, 1.807) is 6.07 Å². The van der Waals surface area contributed by atoms with Crippen molar-refractivity contribution >= 4 is 54.7 Å². The average molecular weight is 329 g/mol. The first kappa shape index (κ1) is 13.6. The first-order valence-electron chi connectivity index (χ1n) is 7.88. The highest BCUT2D eigenvalue weighted by Crippen LogP contribution is 2.38. The Hall–Kier alpha value is -2.77. The fraction of sp³-hybridized carbons (Fsp3) is 0. The molecule has 24 heavy (non-hydrogen) atoms. The first-order valence-corrected chi connectivity index (χ1v) is 8.25. The molecule has 0 saturated carbocycles. The summed E-state index contributed by atoms with van der Waals surface area (Å²) in [4.78, 5) is 0. The van der Waals surface area contributed by atoms with Gasteiger partial charge in [-0.3, -0.25) is 0 Å². The fourth-order valence-corrected chi connectivity index (χ4v) is 3.91. The second-order valence-corrected chi connectivity index (χ2v) is 6.56. The Morgan fingerprint density at radius 1 is 0.542 bits per heavy atom. The summed E-state index contributed by atoms with van der Waals surface area (Å²) in [5, 5.41) is 19.8. The average Bonchev–Trinajstić information content (AvgIpc) is 2.60. The summed E-state index contributed by atoms with van der Waals surface area (Å²) >= 11 is 6.16. The molecule has 0 aliphatic rings. The highest BCUT2D eigenvalue weighted by atomic mass is 35.5. The molecule has 0 bridgehead atoms. The van der Waals surface area contributed by atoms with Gasteiger partial charge in [0.2, 0.25) is 0 Å². The maximum absolute atomic E-state index is 10.2. The Labute approximate surface area is 143 Å². The van der Waals surface area contributed by atoms with Crippen LogP contribution in [-0.4, -0.2) is 5.11 Å². The molecule has 5 aromatic carbocycles. The van der Waals surface area contributed by atoms with Crippen LogP contribution in [0.3, 0.4) is 0 Å². The molecule has 0 amide bonds. The van der Waals surface area contributed by atoms with Crippen molar-refractivity contribution in [2.24, 2.45) is 0 Å². The molecule has 0 fully saturated rings. The zero-order valence-electron chi connectivity index (χ0n) is 12.8. The third-order valence-electron chi connectivity index (χ3n) is 4.80. The van der Waals surface area contributed by atoms with E-state index < -0.39 is 0 Å². The highest BCUT2D eigenvalue weighted by Gasteiger charge is 2.09. The standard InChI is InChI=1S/C22H13ClO/c23-14-11-21-19-8-7-16-15-4-2-1-3-13(15)5-6-17(16)18(19)9-10-20(21)22(24)12-14/h1-12,24H. The lowest BCUT2D eigenvalue weighted by Crippen LogP contribution is -1.83. The van der Waals surface area contributed by atoms with Gasteiger partial charge in [-0.1, -0.05) is 72.3 Å². The van der Waals surface area contributed by atoms with Gasteiger partial charge in [-0.15, -0.1) is 0 Å². The second-order valence-electron chi connectivity index (χ2n) is 6.13. The molecule has 1 nitrogen and oxygen atoms in total. The molecule has 5 aromatic rings. The Morgan fingerprint density at radius 2 is 1.12 bits per heavy atom. The lowest BCUT2D eigenvalue weighted by molar-refractivity contribution is 0.482. The summed E-state index contributed by atoms with van der Waals surface area (Å²) in [6.45, 7) is 0. The van der Waals surface area contributed by atoms with Crippen LogP contribution in [0.4, 0.5) is 0 Å². The van der Waals surface area contributed by atoms with Crippen LogP contribution in [0.2, 0.25) is 5.02 Å². The summed E-state index contributed by atoms with van der Waals surface area (Å²) in [5.41, 5.74) is 0. The number of hydrogen-bond donors (Lipinski definition) is 1. The van der Waals surface area contributed by atoms with Gasteiger partial charge in [0.25, 0.3) is 0 Å². The van der Waals surface area contributed by atoms with E-state index >= 15 is 0 Å². The smallest absolute Gasteiger partial charge is 0.124 e. The van der Waals surface area contributed by atoms with Gasteiger partial charge in [0, 0.05) is 10.4 Å². The molecule has 0 saturated heterocycles. The van der Waals surface area contributed by atoms with E-state index in [-0.39, 0.29) is 5.75 Å². The lowest BCUT2D eigenvalue weighted by atomic mass is 9.94. The highest BCUT2D eigenvalue weighted by molar-refractivity contribution is 6.32. The molecule has 0 aliphatic carbocycles. The molecular formula is C22H13ClO. The molecule has 0 unspecified atom stereocenters. The lowest BCUT2D eigenvalue weighted by Gasteiger charge is -2.11. The Balaban J connectivity index is 2.02. The predicted molar refractivity (Wildman–Crippen MR) is 103 cm³/mol. The molecule has 2 heteroatoms. The van der Waals surface area contributed by atoms with Gasteiger partial charge in [-0.05, 0) is 49.8 Å². The zero-order chi connectivity index (χ0) is 16.3. The third-order valence-corrected chi connectivity index (χ3v) is 5.02. The first-order chi connectivity index (χ1) is 11.7. The van der Waals surface area contributed by atoms with E-state index in [2.05, 4.69) is 54.6 Å². The van der Waals surface area contributed by atoms with E-state index in [1.807, 2.05) is 12.1 Å². The number of aromatic hydroxyl groups is 1. The molecule has 5 rings (SSSR count). The van der Waals surface area contributed by atoms with Crippen LogP contribution < -0.4 is 0 Å². The summed E-state index contributed by atoms with van der Waals surface area (Å²) in [6.07, 6.45) is 0. The van der Waals surface area contributed by atoms with Crippen LogP contribution in [0.15, 0.2) is 72.8 Å². The van der Waals surface area contributed by atoms with Gasteiger partial charge in [0.1, 0.15) is 5.75 Å². The number of rotatable bonds is 0. The van der Waals surface area contributed by atoms with Crippen molar-refractivity contribution in [1.82, 2.24) is 0 Å². The van der Waals surface area contributed by atoms with Gasteiger partial charge in [-0.25, -0.2) is 0 Å². The SMILES string of the molecule is Oc1cc(Cl)cc2c1ccc1c2ccc2c3ccccc3ccc21. The minimum atomic E-state index is 0.220. The summed E-state index contributed by atoms with van der Waals surface area (Å²) in [5.74, 6) is 0.220. The zero-order valence-corrected chi connectivity index (χ0v) is 13.5. The van der Waals surface area contributed by atoms with Crippen molar-refractivity contribution in [1.29, 1.82) is 0 Å². The number of phenols is 1. The monoisotopic (exact) mass is 328 g/mol. The maximum atomic E-state index is 10.2. The summed E-state index contributed by atoms with van der Waals surface area (Å²) in [6, 6.07) is 24.6. The van der Waals surface area contributed by atoms with E-state index in [9.17, 15) is 5.11 Å². The molecular weight excluding hydrogens is 316 g/mol. The Bertz CT molecular complexity index is 1270. The Morgan fingerprint density at radius 3 is 1.92 bits per heavy atom. The van der Waals surface area contributed by atoms with Crippen LogP contribution in [0, 0.1) is 0 Å². The summed E-state index contributed by atoms with van der Waals surface area (Å²) in [7, 11) is 0. The third kappa shape index (κ3) is 1.82. The maximum Gasteiger partial charge on any atom is 0.124 e. The molecule has 1 N–H and O–H groups in total. The minimum absolute atomic E-state index is 0.220. The number of phenolic OH excluding ortho intramolecular Hbond substituents is 1. The normalized spacial score (nSPS) is 11.7.